The third-order valence-electron chi connectivity index (χ3n) is 3.37. The SMILES string of the molecule is CC(=O)OC[C@H]1O[C@@H](C[C]=S)[C@H](OC(C)=O)[C@@H](OC(C)=O)[C@@H]1OC(C)=O. The summed E-state index contributed by atoms with van der Waals surface area (Å²) in [4.78, 5) is 45.6. The minimum absolute atomic E-state index is 0.0639. The van der Waals surface area contributed by atoms with Crippen LogP contribution in [-0.2, 0) is 42.9 Å². The summed E-state index contributed by atoms with van der Waals surface area (Å²) >= 11 is 4.72. The molecule has 0 spiro atoms. The van der Waals surface area contributed by atoms with E-state index in [0.29, 0.717) is 0 Å². The van der Waals surface area contributed by atoms with Crippen molar-refractivity contribution in [3.8, 4) is 0 Å². The van der Waals surface area contributed by atoms with E-state index < -0.39 is 54.4 Å². The minimum Gasteiger partial charge on any atom is -0.463 e. The van der Waals surface area contributed by atoms with E-state index in [2.05, 4.69) is 5.37 Å². The minimum atomic E-state index is -1.16. The molecule has 145 valence electrons. The molecule has 0 aromatic heterocycles. The summed E-state index contributed by atoms with van der Waals surface area (Å²) in [6, 6.07) is 0. The molecule has 0 N–H and O–H groups in total. The Hall–Kier alpha value is -2.07. The summed E-state index contributed by atoms with van der Waals surface area (Å²) < 4.78 is 26.4. The number of rotatable bonds is 7. The number of esters is 4. The first-order valence-electron chi connectivity index (χ1n) is 7.81. The largest absolute Gasteiger partial charge is 0.463 e. The van der Waals surface area contributed by atoms with E-state index in [1.54, 1.807) is 0 Å². The van der Waals surface area contributed by atoms with Crippen molar-refractivity contribution < 1.29 is 42.9 Å². The van der Waals surface area contributed by atoms with Crippen LogP contribution in [0.3, 0.4) is 0 Å². The van der Waals surface area contributed by atoms with Gasteiger partial charge in [-0.2, -0.15) is 0 Å². The number of hydrogen-bond acceptors (Lipinski definition) is 10. The van der Waals surface area contributed by atoms with Crippen LogP contribution in [0.4, 0.5) is 0 Å². The molecule has 0 unspecified atom stereocenters. The molecule has 9 nitrogen and oxygen atoms in total. The summed E-state index contributed by atoms with van der Waals surface area (Å²) in [6.07, 6.45) is -5.11. The van der Waals surface area contributed by atoms with Crippen molar-refractivity contribution >= 4 is 41.5 Å². The topological polar surface area (TPSA) is 114 Å². The van der Waals surface area contributed by atoms with Crippen molar-refractivity contribution in [2.75, 3.05) is 6.61 Å². The molecule has 1 saturated heterocycles. The van der Waals surface area contributed by atoms with Crippen LogP contribution >= 0.6 is 12.2 Å². The van der Waals surface area contributed by atoms with Crippen molar-refractivity contribution in [2.45, 2.75) is 64.6 Å². The number of carbonyl (C=O) groups is 4. The maximum atomic E-state index is 11.5. The summed E-state index contributed by atoms with van der Waals surface area (Å²) in [5.74, 6) is -2.57. The molecule has 26 heavy (non-hydrogen) atoms. The van der Waals surface area contributed by atoms with Gasteiger partial charge in [0.2, 0.25) is 0 Å². The van der Waals surface area contributed by atoms with Crippen molar-refractivity contribution in [1.82, 2.24) is 0 Å². The van der Waals surface area contributed by atoms with Crippen LogP contribution in [-0.4, -0.2) is 66.4 Å². The van der Waals surface area contributed by atoms with Crippen molar-refractivity contribution in [1.29, 1.82) is 0 Å². The molecule has 0 aromatic rings. The van der Waals surface area contributed by atoms with Gasteiger partial charge in [0.05, 0.1) is 0 Å². The molecule has 10 heteroatoms. The monoisotopic (exact) mass is 389 g/mol. The Morgan fingerprint density at radius 1 is 0.808 bits per heavy atom. The van der Waals surface area contributed by atoms with Gasteiger partial charge in [0.25, 0.3) is 0 Å². The summed E-state index contributed by atoms with van der Waals surface area (Å²) in [7, 11) is 0. The highest BCUT2D eigenvalue weighted by molar-refractivity contribution is 7.78. The normalized spacial score (nSPS) is 27.8. The van der Waals surface area contributed by atoms with Crippen LogP contribution in [0.2, 0.25) is 0 Å². The number of thiocarbonyl (C=S) groups is 1. The first-order chi connectivity index (χ1) is 12.1. The van der Waals surface area contributed by atoms with Crippen LogP contribution in [0.5, 0.6) is 0 Å². The van der Waals surface area contributed by atoms with Gasteiger partial charge in [-0.25, -0.2) is 0 Å². The summed E-state index contributed by atoms with van der Waals surface area (Å²) in [5.41, 5.74) is 0. The quantitative estimate of drug-likeness (QED) is 0.344. The van der Waals surface area contributed by atoms with Crippen molar-refractivity contribution in [3.05, 3.63) is 0 Å². The fourth-order valence-electron chi connectivity index (χ4n) is 2.56. The molecular weight excluding hydrogens is 368 g/mol. The van der Waals surface area contributed by atoms with Gasteiger partial charge < -0.3 is 23.7 Å². The van der Waals surface area contributed by atoms with Crippen LogP contribution in [0.1, 0.15) is 34.1 Å². The average molecular weight is 389 g/mol. The van der Waals surface area contributed by atoms with E-state index in [1.165, 1.54) is 13.8 Å². The number of carbonyl (C=O) groups excluding carboxylic acids is 4. The molecule has 0 bridgehead atoms. The zero-order valence-electron chi connectivity index (χ0n) is 14.9. The second-order valence-corrected chi connectivity index (χ2v) is 5.87. The lowest BCUT2D eigenvalue weighted by atomic mass is 9.93. The third kappa shape index (κ3) is 6.68. The molecule has 5 atom stereocenters. The molecule has 1 aliphatic rings. The highest BCUT2D eigenvalue weighted by atomic mass is 32.1. The highest BCUT2D eigenvalue weighted by Gasteiger charge is 2.51. The molecule has 0 saturated carbocycles. The van der Waals surface area contributed by atoms with Gasteiger partial charge in [-0.1, -0.05) is 12.2 Å². The predicted molar refractivity (Wildman–Crippen MR) is 89.2 cm³/mol. The van der Waals surface area contributed by atoms with Crippen LogP contribution < -0.4 is 0 Å². The molecule has 1 radical (unpaired) electrons. The van der Waals surface area contributed by atoms with Crippen LogP contribution in [0.15, 0.2) is 0 Å². The average Bonchev–Trinajstić information content (AvgIpc) is 2.50. The molecule has 1 aliphatic heterocycles. The second kappa shape index (κ2) is 10.2. The lowest BCUT2D eigenvalue weighted by molar-refractivity contribution is -0.251. The van der Waals surface area contributed by atoms with E-state index in [9.17, 15) is 19.2 Å². The Kier molecular flexibility index (Phi) is 8.59. The molecular formula is C16H21O9S. The van der Waals surface area contributed by atoms with Crippen LogP contribution in [0, 0.1) is 0 Å². The predicted octanol–water partition coefficient (Wildman–Crippen LogP) is 0.379. The van der Waals surface area contributed by atoms with Gasteiger partial charge in [-0.15, -0.1) is 0 Å². The van der Waals surface area contributed by atoms with E-state index in [-0.39, 0.29) is 13.0 Å². The number of ether oxygens (including phenoxy) is 5. The molecule has 1 fully saturated rings. The van der Waals surface area contributed by atoms with Crippen molar-refractivity contribution in [3.63, 3.8) is 0 Å². The van der Waals surface area contributed by atoms with E-state index in [4.69, 9.17) is 35.9 Å². The zero-order chi connectivity index (χ0) is 19.9. The van der Waals surface area contributed by atoms with Gasteiger partial charge in [-0.3, -0.25) is 19.2 Å². The Balaban J connectivity index is 3.24. The van der Waals surface area contributed by atoms with E-state index in [0.717, 1.165) is 13.8 Å². The van der Waals surface area contributed by atoms with Gasteiger partial charge in [0.15, 0.2) is 18.3 Å². The summed E-state index contributed by atoms with van der Waals surface area (Å²) in [5, 5.41) is 2.47. The Labute approximate surface area is 156 Å². The second-order valence-electron chi connectivity index (χ2n) is 5.59. The first-order valence-corrected chi connectivity index (χ1v) is 8.22. The standard InChI is InChI=1S/C16H21O9S/c1-8(17)21-7-13-15(23-10(3)19)16(24-11(4)20)14(22-9(2)18)12(25-13)5-6-26/h12-16H,5,7H2,1-4H3/t12-,13+,14-,15+,16+/m0/s1. The zero-order valence-corrected chi connectivity index (χ0v) is 15.7. The fourth-order valence-corrected chi connectivity index (χ4v) is 2.73. The first kappa shape index (κ1) is 22.0. The lowest BCUT2D eigenvalue weighted by Crippen LogP contribution is -2.62. The molecule has 1 heterocycles. The number of hydrogen-bond donors (Lipinski definition) is 0. The van der Waals surface area contributed by atoms with E-state index in [1.807, 2.05) is 0 Å². The Bertz CT molecular complexity index is 562. The lowest BCUT2D eigenvalue weighted by Gasteiger charge is -2.44. The highest BCUT2D eigenvalue weighted by Crippen LogP contribution is 2.30. The maximum absolute atomic E-state index is 11.5. The maximum Gasteiger partial charge on any atom is 0.303 e. The molecule has 0 aromatic carbocycles. The van der Waals surface area contributed by atoms with Crippen LogP contribution in [0.25, 0.3) is 0 Å². The van der Waals surface area contributed by atoms with Gasteiger partial charge in [-0.05, 0) is 0 Å². The van der Waals surface area contributed by atoms with Gasteiger partial charge >= 0.3 is 23.9 Å². The molecule has 0 aliphatic carbocycles. The van der Waals surface area contributed by atoms with E-state index >= 15 is 0 Å². The Morgan fingerprint density at radius 3 is 1.69 bits per heavy atom. The Morgan fingerprint density at radius 2 is 1.27 bits per heavy atom. The van der Waals surface area contributed by atoms with Crippen molar-refractivity contribution in [2.24, 2.45) is 0 Å². The van der Waals surface area contributed by atoms with Gasteiger partial charge in [0, 0.05) is 39.5 Å². The fraction of sp³-hybridized carbons (Fsp3) is 0.688. The smallest absolute Gasteiger partial charge is 0.303 e. The summed E-state index contributed by atoms with van der Waals surface area (Å²) in [6.45, 7) is 4.44. The molecule has 0 amide bonds. The molecule has 1 rings (SSSR count). The third-order valence-corrected chi connectivity index (χ3v) is 3.54. The van der Waals surface area contributed by atoms with Gasteiger partial charge in [0.1, 0.15) is 18.8 Å².